The van der Waals surface area contributed by atoms with Gasteiger partial charge >= 0.3 is 0 Å². The maximum absolute atomic E-state index is 12.5. The van der Waals surface area contributed by atoms with E-state index in [1.54, 1.807) is 36.1 Å². The molecule has 6 nitrogen and oxygen atoms in total. The molecule has 28 heavy (non-hydrogen) atoms. The number of hydrogen-bond acceptors (Lipinski definition) is 4. The maximum atomic E-state index is 12.5. The number of furan rings is 1. The molecule has 2 aromatic rings. The van der Waals surface area contributed by atoms with Gasteiger partial charge in [0.1, 0.15) is 24.2 Å². The van der Waals surface area contributed by atoms with E-state index in [1.807, 2.05) is 31.2 Å². The van der Waals surface area contributed by atoms with E-state index in [4.69, 9.17) is 9.15 Å². The summed E-state index contributed by atoms with van der Waals surface area (Å²) in [5.41, 5.74) is 1.02. The van der Waals surface area contributed by atoms with Gasteiger partial charge in [-0.1, -0.05) is 30.4 Å². The van der Waals surface area contributed by atoms with Crippen LogP contribution in [0.2, 0.25) is 0 Å². The molecule has 1 aromatic carbocycles. The van der Waals surface area contributed by atoms with Gasteiger partial charge in [-0.05, 0) is 37.6 Å². The molecular weight excluding hydrogens is 356 g/mol. The molecule has 0 aliphatic heterocycles. The second kappa shape index (κ2) is 10.2. The number of amides is 2. The molecule has 2 rings (SSSR count). The van der Waals surface area contributed by atoms with Crippen LogP contribution in [0.4, 0.5) is 0 Å². The Morgan fingerprint density at radius 1 is 1.18 bits per heavy atom. The van der Waals surface area contributed by atoms with Gasteiger partial charge < -0.3 is 19.4 Å². The number of benzene rings is 1. The molecule has 0 spiro atoms. The lowest BCUT2D eigenvalue weighted by Gasteiger charge is -2.23. The predicted octanol–water partition coefficient (Wildman–Crippen LogP) is 3.49. The molecule has 0 aliphatic carbocycles. The van der Waals surface area contributed by atoms with Crippen LogP contribution in [-0.2, 0) is 11.4 Å². The van der Waals surface area contributed by atoms with Crippen molar-refractivity contribution < 1.29 is 18.7 Å². The molecule has 1 N–H and O–H groups in total. The summed E-state index contributed by atoms with van der Waals surface area (Å²) in [6.07, 6.45) is 3.26. The lowest BCUT2D eigenvalue weighted by Crippen LogP contribution is -2.47. The molecule has 0 aliphatic rings. The van der Waals surface area contributed by atoms with E-state index < -0.39 is 11.9 Å². The van der Waals surface area contributed by atoms with Gasteiger partial charge in [0.25, 0.3) is 5.91 Å². The summed E-state index contributed by atoms with van der Waals surface area (Å²) >= 11 is 0. The van der Waals surface area contributed by atoms with Crippen LogP contribution in [0, 0.1) is 6.92 Å². The lowest BCUT2D eigenvalue weighted by atomic mass is 10.2. The van der Waals surface area contributed by atoms with Crippen molar-refractivity contribution in [2.24, 2.45) is 0 Å². The average molecular weight is 382 g/mol. The van der Waals surface area contributed by atoms with Crippen LogP contribution in [-0.4, -0.2) is 35.8 Å². The highest BCUT2D eigenvalue weighted by molar-refractivity contribution is 5.95. The summed E-state index contributed by atoms with van der Waals surface area (Å²) in [5.74, 6) is 0.728. The molecule has 2 amide bonds. The second-order valence-electron chi connectivity index (χ2n) is 6.34. The summed E-state index contributed by atoms with van der Waals surface area (Å²) in [4.78, 5) is 26.4. The number of carbonyl (C=O) groups is 2. The molecule has 0 radical (unpaired) electrons. The second-order valence-corrected chi connectivity index (χ2v) is 6.34. The summed E-state index contributed by atoms with van der Waals surface area (Å²) in [7, 11) is 0. The lowest BCUT2D eigenvalue weighted by molar-refractivity contribution is -0.131. The Morgan fingerprint density at radius 3 is 2.50 bits per heavy atom. The van der Waals surface area contributed by atoms with Gasteiger partial charge in [0, 0.05) is 13.1 Å². The minimum Gasteiger partial charge on any atom is -0.485 e. The Kier molecular flexibility index (Phi) is 7.63. The van der Waals surface area contributed by atoms with Crippen molar-refractivity contribution in [3.8, 4) is 5.75 Å². The zero-order chi connectivity index (χ0) is 20.5. The first-order valence-electron chi connectivity index (χ1n) is 9.04. The highest BCUT2D eigenvalue weighted by Gasteiger charge is 2.22. The fourth-order valence-corrected chi connectivity index (χ4v) is 2.61. The fourth-order valence-electron chi connectivity index (χ4n) is 2.61. The Hall–Kier alpha value is -3.28. The van der Waals surface area contributed by atoms with Crippen LogP contribution in [0.3, 0.4) is 0 Å². The van der Waals surface area contributed by atoms with Crippen LogP contribution in [0.1, 0.15) is 28.8 Å². The summed E-state index contributed by atoms with van der Waals surface area (Å²) in [5, 5.41) is 2.66. The number of nitrogens with zero attached hydrogens (tertiary/aromatic N) is 1. The number of ether oxygens (including phenoxy) is 1. The molecular formula is C22H26N2O4. The molecule has 0 fully saturated rings. The summed E-state index contributed by atoms with van der Waals surface area (Å²) in [6, 6.07) is 10.2. The first-order valence-corrected chi connectivity index (χ1v) is 9.04. The molecule has 1 atom stereocenters. The van der Waals surface area contributed by atoms with E-state index in [-0.39, 0.29) is 18.3 Å². The third-order valence-corrected chi connectivity index (χ3v) is 4.08. The molecule has 1 heterocycles. The molecule has 0 saturated heterocycles. The molecule has 1 unspecified atom stereocenters. The molecule has 148 valence electrons. The maximum Gasteiger partial charge on any atom is 0.287 e. The molecule has 0 bridgehead atoms. The van der Waals surface area contributed by atoms with Crippen molar-refractivity contribution in [1.82, 2.24) is 10.2 Å². The topological polar surface area (TPSA) is 71.8 Å². The van der Waals surface area contributed by atoms with Crippen LogP contribution in [0.25, 0.3) is 0 Å². The summed E-state index contributed by atoms with van der Waals surface area (Å²) in [6.45, 7) is 11.8. The van der Waals surface area contributed by atoms with Crippen LogP contribution < -0.4 is 10.1 Å². The van der Waals surface area contributed by atoms with Gasteiger partial charge in [0.05, 0.1) is 0 Å². The van der Waals surface area contributed by atoms with Crippen molar-refractivity contribution >= 4 is 11.8 Å². The number of carbonyl (C=O) groups excluding carboxylic acids is 2. The first-order chi connectivity index (χ1) is 13.5. The normalized spacial score (nSPS) is 11.4. The number of rotatable bonds is 10. The monoisotopic (exact) mass is 382 g/mol. The van der Waals surface area contributed by atoms with E-state index in [2.05, 4.69) is 18.5 Å². The Labute approximate surface area is 165 Å². The third-order valence-electron chi connectivity index (χ3n) is 4.08. The van der Waals surface area contributed by atoms with Crippen LogP contribution in [0.5, 0.6) is 5.75 Å². The van der Waals surface area contributed by atoms with Gasteiger partial charge in [-0.15, -0.1) is 13.2 Å². The van der Waals surface area contributed by atoms with Crippen LogP contribution >= 0.6 is 0 Å². The Morgan fingerprint density at radius 2 is 1.86 bits per heavy atom. The highest BCUT2D eigenvalue weighted by Crippen LogP contribution is 2.18. The van der Waals surface area contributed by atoms with E-state index in [1.165, 1.54) is 0 Å². The minimum absolute atomic E-state index is 0.127. The van der Waals surface area contributed by atoms with Crippen molar-refractivity contribution in [2.75, 3.05) is 13.1 Å². The SMILES string of the molecule is C=CCN(CC=C)C(=O)C(C)NC(=O)c1ccc(COc2ccccc2C)o1. The summed E-state index contributed by atoms with van der Waals surface area (Å²) < 4.78 is 11.3. The Bertz CT molecular complexity index is 831. The fraction of sp³-hybridized carbons (Fsp3) is 0.273. The number of nitrogens with one attached hydrogen (secondary N) is 1. The van der Waals surface area contributed by atoms with Gasteiger partial charge in [-0.25, -0.2) is 0 Å². The largest absolute Gasteiger partial charge is 0.485 e. The van der Waals surface area contributed by atoms with Crippen LogP contribution in [0.15, 0.2) is 66.1 Å². The third kappa shape index (κ3) is 5.61. The van der Waals surface area contributed by atoms with Gasteiger partial charge in [-0.3, -0.25) is 9.59 Å². The van der Waals surface area contributed by atoms with E-state index in [0.717, 1.165) is 11.3 Å². The van der Waals surface area contributed by atoms with Crippen molar-refractivity contribution in [1.29, 1.82) is 0 Å². The van der Waals surface area contributed by atoms with E-state index in [9.17, 15) is 9.59 Å². The predicted molar refractivity (Wildman–Crippen MR) is 108 cm³/mol. The Balaban J connectivity index is 1.94. The quantitative estimate of drug-likeness (QED) is 0.639. The van der Waals surface area contributed by atoms with Gasteiger partial charge in [0.15, 0.2) is 5.76 Å². The van der Waals surface area contributed by atoms with Crippen molar-refractivity contribution in [3.63, 3.8) is 0 Å². The number of para-hydroxylation sites is 1. The number of aryl methyl sites for hydroxylation is 1. The zero-order valence-corrected chi connectivity index (χ0v) is 16.3. The van der Waals surface area contributed by atoms with Crippen molar-refractivity contribution in [3.05, 3.63) is 78.8 Å². The highest BCUT2D eigenvalue weighted by atomic mass is 16.5. The van der Waals surface area contributed by atoms with Gasteiger partial charge in [0.2, 0.25) is 5.91 Å². The smallest absolute Gasteiger partial charge is 0.287 e. The standard InChI is InChI=1S/C22H26N2O4/c1-5-13-24(14-6-2)22(26)17(4)23-21(25)20-12-11-18(28-20)15-27-19-10-8-7-9-16(19)3/h5-12,17H,1-2,13-15H2,3-4H3,(H,23,25). The molecule has 6 heteroatoms. The first kappa shape index (κ1) is 21.0. The molecule has 1 aromatic heterocycles. The van der Waals surface area contributed by atoms with Gasteiger partial charge in [-0.2, -0.15) is 0 Å². The van der Waals surface area contributed by atoms with E-state index in [0.29, 0.717) is 18.8 Å². The van der Waals surface area contributed by atoms with Crippen molar-refractivity contribution in [2.45, 2.75) is 26.5 Å². The minimum atomic E-state index is -0.704. The molecule has 0 saturated carbocycles. The number of hydrogen-bond donors (Lipinski definition) is 1. The zero-order valence-electron chi connectivity index (χ0n) is 16.3. The average Bonchev–Trinajstić information content (AvgIpc) is 3.16. The van der Waals surface area contributed by atoms with E-state index >= 15 is 0 Å².